The largest absolute Gasteiger partial charge is 0.339 e. The number of rotatable bonds is 6. The third-order valence-electron chi connectivity index (χ3n) is 3.89. The van der Waals surface area contributed by atoms with E-state index >= 15 is 0 Å². The van der Waals surface area contributed by atoms with Crippen LogP contribution in [0.1, 0.15) is 60.4 Å². The fourth-order valence-electron chi connectivity index (χ4n) is 2.80. The predicted molar refractivity (Wildman–Crippen MR) is 85.9 cm³/mol. The van der Waals surface area contributed by atoms with Crippen molar-refractivity contribution in [1.82, 2.24) is 14.8 Å². The molecule has 5 nitrogen and oxygen atoms in total. The van der Waals surface area contributed by atoms with Gasteiger partial charge in [-0.2, -0.15) is 0 Å². The molecular weight excluding hydrogens is 278 g/mol. The number of carbonyl (C=O) groups is 2. The molecule has 1 aromatic heterocycles. The molecule has 0 saturated carbocycles. The number of amides is 2. The van der Waals surface area contributed by atoms with Crippen molar-refractivity contribution in [3.05, 3.63) is 29.6 Å². The second-order valence-corrected chi connectivity index (χ2v) is 5.72. The van der Waals surface area contributed by atoms with E-state index < -0.39 is 0 Å². The van der Waals surface area contributed by atoms with Gasteiger partial charge in [-0.15, -0.1) is 0 Å². The molecule has 1 aliphatic heterocycles. The number of pyridine rings is 1. The summed E-state index contributed by atoms with van der Waals surface area (Å²) in [5.41, 5.74) is 0.931. The highest BCUT2D eigenvalue weighted by Gasteiger charge is 2.22. The Bertz CT molecular complexity index is 518. The molecule has 1 aliphatic rings. The maximum Gasteiger partial charge on any atom is 0.272 e. The van der Waals surface area contributed by atoms with Gasteiger partial charge in [0.05, 0.1) is 0 Å². The zero-order valence-corrected chi connectivity index (χ0v) is 13.5. The van der Waals surface area contributed by atoms with Gasteiger partial charge in [-0.3, -0.25) is 14.6 Å². The minimum absolute atomic E-state index is 0.00600. The molecule has 120 valence electrons. The number of aromatic nitrogens is 1. The molecule has 0 radical (unpaired) electrons. The highest BCUT2D eigenvalue weighted by atomic mass is 16.2. The van der Waals surface area contributed by atoms with Gasteiger partial charge in [0.15, 0.2) is 0 Å². The molecule has 22 heavy (non-hydrogen) atoms. The van der Waals surface area contributed by atoms with Gasteiger partial charge in [0, 0.05) is 37.9 Å². The summed E-state index contributed by atoms with van der Waals surface area (Å²) in [5, 5.41) is 0. The molecule has 0 spiro atoms. The Morgan fingerprint density at radius 2 is 1.82 bits per heavy atom. The zero-order valence-electron chi connectivity index (χ0n) is 13.5. The van der Waals surface area contributed by atoms with Gasteiger partial charge in [-0.05, 0) is 37.8 Å². The number of likely N-dealkylation sites (tertiary alicyclic amines) is 1. The molecule has 2 heterocycles. The summed E-state index contributed by atoms with van der Waals surface area (Å²) in [6.07, 6.45) is 5.51. The SMILES string of the molecule is CCCN(CCC)C(=O)c1cc(C(=O)N2CCCC2)ccn1. The van der Waals surface area contributed by atoms with Crippen LogP contribution in [0, 0.1) is 0 Å². The Kier molecular flexibility index (Phi) is 5.92. The summed E-state index contributed by atoms with van der Waals surface area (Å²) in [4.78, 5) is 32.8. The van der Waals surface area contributed by atoms with Crippen molar-refractivity contribution in [3.63, 3.8) is 0 Å². The Hall–Kier alpha value is -1.91. The van der Waals surface area contributed by atoms with Gasteiger partial charge in [-0.1, -0.05) is 13.8 Å². The molecule has 0 aromatic carbocycles. The summed E-state index contributed by atoms with van der Waals surface area (Å²) >= 11 is 0. The van der Waals surface area contributed by atoms with Gasteiger partial charge >= 0.3 is 0 Å². The fourth-order valence-corrected chi connectivity index (χ4v) is 2.80. The minimum Gasteiger partial charge on any atom is -0.339 e. The Labute approximate surface area is 132 Å². The predicted octanol–water partition coefficient (Wildman–Crippen LogP) is 2.58. The van der Waals surface area contributed by atoms with E-state index in [2.05, 4.69) is 18.8 Å². The molecule has 2 amide bonds. The minimum atomic E-state index is -0.0835. The van der Waals surface area contributed by atoms with Gasteiger partial charge in [-0.25, -0.2) is 0 Å². The van der Waals surface area contributed by atoms with Crippen molar-refractivity contribution in [3.8, 4) is 0 Å². The van der Waals surface area contributed by atoms with Crippen LogP contribution in [-0.2, 0) is 0 Å². The summed E-state index contributed by atoms with van der Waals surface area (Å²) in [6.45, 7) is 7.16. The number of nitrogens with zero attached hydrogens (tertiary/aromatic N) is 3. The first-order chi connectivity index (χ1) is 10.7. The summed E-state index contributed by atoms with van der Waals surface area (Å²) < 4.78 is 0. The van der Waals surface area contributed by atoms with Crippen LogP contribution in [0.5, 0.6) is 0 Å². The first kappa shape index (κ1) is 16.5. The second kappa shape index (κ2) is 7.92. The zero-order chi connectivity index (χ0) is 15.9. The lowest BCUT2D eigenvalue weighted by Gasteiger charge is -2.21. The average molecular weight is 303 g/mol. The van der Waals surface area contributed by atoms with Crippen molar-refractivity contribution < 1.29 is 9.59 Å². The Morgan fingerprint density at radius 3 is 2.41 bits per heavy atom. The molecule has 0 atom stereocenters. The van der Waals surface area contributed by atoms with E-state index in [9.17, 15) is 9.59 Å². The van der Waals surface area contributed by atoms with Gasteiger partial charge in [0.1, 0.15) is 5.69 Å². The van der Waals surface area contributed by atoms with Gasteiger partial charge in [0.25, 0.3) is 11.8 Å². The van der Waals surface area contributed by atoms with Crippen molar-refractivity contribution in [1.29, 1.82) is 0 Å². The van der Waals surface area contributed by atoms with E-state index in [4.69, 9.17) is 0 Å². The number of hydrogen-bond acceptors (Lipinski definition) is 3. The lowest BCUT2D eigenvalue weighted by Crippen LogP contribution is -2.33. The first-order valence-corrected chi connectivity index (χ1v) is 8.22. The van der Waals surface area contributed by atoms with Gasteiger partial charge < -0.3 is 9.80 Å². The molecule has 1 aromatic rings. The third kappa shape index (κ3) is 3.84. The van der Waals surface area contributed by atoms with E-state index in [1.165, 1.54) is 0 Å². The van der Waals surface area contributed by atoms with E-state index in [0.29, 0.717) is 11.3 Å². The van der Waals surface area contributed by atoms with E-state index in [0.717, 1.165) is 51.9 Å². The summed E-state index contributed by atoms with van der Waals surface area (Å²) in [5.74, 6) is -0.0775. The lowest BCUT2D eigenvalue weighted by atomic mass is 10.2. The normalized spacial score (nSPS) is 14.2. The Balaban J connectivity index is 2.15. The Morgan fingerprint density at radius 1 is 1.18 bits per heavy atom. The van der Waals surface area contributed by atoms with Crippen molar-refractivity contribution in [2.45, 2.75) is 39.5 Å². The molecular formula is C17H25N3O2. The second-order valence-electron chi connectivity index (χ2n) is 5.72. The van der Waals surface area contributed by atoms with Crippen LogP contribution in [0.2, 0.25) is 0 Å². The van der Waals surface area contributed by atoms with Crippen LogP contribution in [0.4, 0.5) is 0 Å². The number of hydrogen-bond donors (Lipinski definition) is 0. The monoisotopic (exact) mass is 303 g/mol. The van der Waals surface area contributed by atoms with Crippen LogP contribution in [0.15, 0.2) is 18.3 Å². The maximum absolute atomic E-state index is 12.6. The van der Waals surface area contributed by atoms with Crippen molar-refractivity contribution in [2.24, 2.45) is 0 Å². The van der Waals surface area contributed by atoms with Crippen LogP contribution < -0.4 is 0 Å². The molecule has 1 fully saturated rings. The van der Waals surface area contributed by atoms with Gasteiger partial charge in [0.2, 0.25) is 0 Å². The summed E-state index contributed by atoms with van der Waals surface area (Å²) in [6, 6.07) is 3.34. The van der Waals surface area contributed by atoms with Crippen LogP contribution >= 0.6 is 0 Å². The standard InChI is InChI=1S/C17H25N3O2/c1-3-9-19(10-4-2)17(22)15-13-14(7-8-18-15)16(21)20-11-5-6-12-20/h7-8,13H,3-6,9-12H2,1-2H3. The molecule has 0 aliphatic carbocycles. The topological polar surface area (TPSA) is 53.5 Å². The van der Waals surface area contributed by atoms with Crippen LogP contribution in [0.3, 0.4) is 0 Å². The molecule has 0 unspecified atom stereocenters. The molecule has 5 heteroatoms. The van der Waals surface area contributed by atoms with E-state index in [1.54, 1.807) is 18.3 Å². The number of carbonyl (C=O) groups excluding carboxylic acids is 2. The quantitative estimate of drug-likeness (QED) is 0.811. The fraction of sp³-hybridized carbons (Fsp3) is 0.588. The molecule has 0 N–H and O–H groups in total. The molecule has 1 saturated heterocycles. The maximum atomic E-state index is 12.6. The van der Waals surface area contributed by atoms with Crippen LogP contribution in [0.25, 0.3) is 0 Å². The lowest BCUT2D eigenvalue weighted by molar-refractivity contribution is 0.0749. The van der Waals surface area contributed by atoms with Crippen molar-refractivity contribution in [2.75, 3.05) is 26.2 Å². The van der Waals surface area contributed by atoms with E-state index in [1.807, 2.05) is 9.80 Å². The van der Waals surface area contributed by atoms with Crippen molar-refractivity contribution >= 4 is 11.8 Å². The van der Waals surface area contributed by atoms with E-state index in [-0.39, 0.29) is 11.8 Å². The average Bonchev–Trinajstić information content (AvgIpc) is 3.08. The molecule has 2 rings (SSSR count). The highest BCUT2D eigenvalue weighted by molar-refractivity contribution is 5.98. The smallest absolute Gasteiger partial charge is 0.272 e. The molecule has 0 bridgehead atoms. The van der Waals surface area contributed by atoms with Crippen LogP contribution in [-0.4, -0.2) is 52.8 Å². The summed E-state index contributed by atoms with van der Waals surface area (Å²) in [7, 11) is 0. The highest BCUT2D eigenvalue weighted by Crippen LogP contribution is 2.14. The third-order valence-corrected chi connectivity index (χ3v) is 3.89. The first-order valence-electron chi connectivity index (χ1n) is 8.22.